The van der Waals surface area contributed by atoms with Crippen LogP contribution in [-0.2, 0) is 14.3 Å². The first-order chi connectivity index (χ1) is 7.83. The molecule has 0 amide bonds. The third-order valence-electron chi connectivity index (χ3n) is 2.56. The highest BCUT2D eigenvalue weighted by Gasteiger charge is 2.22. The number of methoxy groups -OCH3 is 1. The largest absolute Gasteiger partial charge is 0.497 e. The van der Waals surface area contributed by atoms with Crippen LogP contribution in [0.15, 0.2) is 24.3 Å². The van der Waals surface area contributed by atoms with Crippen LogP contribution in [0.1, 0.15) is 11.7 Å². The molecule has 4 nitrogen and oxygen atoms in total. The first-order valence-electron chi connectivity index (χ1n) is 5.16. The standard InChI is InChI=1S/C12H14O4/c1-14-10-4-2-9(3-5-10)12-8-15-11(6-13)7-16-12/h2-6,11-12H,7-8H2,1H3/t11-,12-/m1/s1. The smallest absolute Gasteiger partial charge is 0.151 e. The van der Waals surface area contributed by atoms with E-state index in [1.165, 1.54) is 0 Å². The summed E-state index contributed by atoms with van der Waals surface area (Å²) < 4.78 is 15.9. The molecule has 1 saturated heterocycles. The van der Waals surface area contributed by atoms with E-state index in [2.05, 4.69) is 0 Å². The van der Waals surface area contributed by atoms with Gasteiger partial charge in [0.15, 0.2) is 6.29 Å². The van der Waals surface area contributed by atoms with Crippen LogP contribution >= 0.6 is 0 Å². The molecule has 1 aliphatic rings. The third kappa shape index (κ3) is 2.40. The molecule has 4 heteroatoms. The molecule has 1 heterocycles. The van der Waals surface area contributed by atoms with Crippen LogP contribution in [0.2, 0.25) is 0 Å². The van der Waals surface area contributed by atoms with Crippen molar-refractivity contribution >= 4 is 6.29 Å². The van der Waals surface area contributed by atoms with Crippen molar-refractivity contribution in [3.63, 3.8) is 0 Å². The van der Waals surface area contributed by atoms with Gasteiger partial charge in [-0.25, -0.2) is 0 Å². The summed E-state index contributed by atoms with van der Waals surface area (Å²) >= 11 is 0. The Bertz CT molecular complexity index is 339. The van der Waals surface area contributed by atoms with Crippen molar-refractivity contribution in [3.05, 3.63) is 29.8 Å². The van der Waals surface area contributed by atoms with Gasteiger partial charge < -0.3 is 19.0 Å². The van der Waals surface area contributed by atoms with E-state index in [0.717, 1.165) is 17.6 Å². The number of hydrogen-bond acceptors (Lipinski definition) is 4. The molecule has 0 radical (unpaired) electrons. The third-order valence-corrected chi connectivity index (χ3v) is 2.56. The second-order valence-corrected chi connectivity index (χ2v) is 3.60. The molecule has 2 rings (SSSR count). The normalized spacial score (nSPS) is 25.1. The van der Waals surface area contributed by atoms with E-state index in [1.54, 1.807) is 7.11 Å². The molecule has 0 unspecified atom stereocenters. The van der Waals surface area contributed by atoms with Gasteiger partial charge in [0, 0.05) is 0 Å². The van der Waals surface area contributed by atoms with E-state index in [1.807, 2.05) is 24.3 Å². The minimum atomic E-state index is -0.422. The minimum absolute atomic E-state index is 0.0953. The molecule has 0 saturated carbocycles. The van der Waals surface area contributed by atoms with Crippen molar-refractivity contribution in [2.45, 2.75) is 12.2 Å². The Morgan fingerprint density at radius 2 is 2.00 bits per heavy atom. The molecule has 86 valence electrons. The number of ether oxygens (including phenoxy) is 3. The van der Waals surface area contributed by atoms with Gasteiger partial charge in [-0.1, -0.05) is 12.1 Å². The highest BCUT2D eigenvalue weighted by molar-refractivity contribution is 5.56. The summed E-state index contributed by atoms with van der Waals surface area (Å²) in [5.41, 5.74) is 1.03. The Labute approximate surface area is 94.1 Å². The van der Waals surface area contributed by atoms with Crippen LogP contribution < -0.4 is 4.74 Å². The molecule has 0 bridgehead atoms. The molecule has 2 atom stereocenters. The van der Waals surface area contributed by atoms with Crippen molar-refractivity contribution in [2.24, 2.45) is 0 Å². The molecule has 0 aromatic heterocycles. The lowest BCUT2D eigenvalue weighted by Gasteiger charge is -2.26. The van der Waals surface area contributed by atoms with Gasteiger partial charge in [0.2, 0.25) is 0 Å². The molecule has 16 heavy (non-hydrogen) atoms. The fourth-order valence-electron chi connectivity index (χ4n) is 1.61. The highest BCUT2D eigenvalue weighted by atomic mass is 16.6. The van der Waals surface area contributed by atoms with Gasteiger partial charge in [0.05, 0.1) is 20.3 Å². The van der Waals surface area contributed by atoms with Gasteiger partial charge in [0.25, 0.3) is 0 Å². The van der Waals surface area contributed by atoms with Gasteiger partial charge in [-0.3, -0.25) is 0 Å². The number of carbonyl (C=O) groups excluding carboxylic acids is 1. The van der Waals surface area contributed by atoms with Gasteiger partial charge >= 0.3 is 0 Å². The summed E-state index contributed by atoms with van der Waals surface area (Å²) in [5.74, 6) is 0.811. The zero-order valence-electron chi connectivity index (χ0n) is 9.09. The Morgan fingerprint density at radius 1 is 1.25 bits per heavy atom. The van der Waals surface area contributed by atoms with Crippen LogP contribution in [0.25, 0.3) is 0 Å². The molecule has 1 fully saturated rings. The molecule has 1 aromatic carbocycles. The van der Waals surface area contributed by atoms with Crippen LogP contribution in [0.5, 0.6) is 5.75 Å². The number of rotatable bonds is 3. The quantitative estimate of drug-likeness (QED) is 0.724. The lowest BCUT2D eigenvalue weighted by atomic mass is 10.1. The first kappa shape index (κ1) is 11.1. The predicted octanol–water partition coefficient (Wildman–Crippen LogP) is 1.35. The summed E-state index contributed by atoms with van der Waals surface area (Å²) in [7, 11) is 1.63. The number of benzene rings is 1. The van der Waals surface area contributed by atoms with Crippen molar-refractivity contribution in [1.82, 2.24) is 0 Å². The zero-order valence-corrected chi connectivity index (χ0v) is 9.09. The summed E-state index contributed by atoms with van der Waals surface area (Å²) in [5, 5.41) is 0. The van der Waals surface area contributed by atoms with E-state index in [4.69, 9.17) is 14.2 Å². The summed E-state index contributed by atoms with van der Waals surface area (Å²) in [6.07, 6.45) is 0.251. The van der Waals surface area contributed by atoms with Crippen molar-refractivity contribution in [2.75, 3.05) is 20.3 Å². The minimum Gasteiger partial charge on any atom is -0.497 e. The average molecular weight is 222 g/mol. The molecular formula is C12H14O4. The molecule has 0 spiro atoms. The lowest BCUT2D eigenvalue weighted by molar-refractivity contribution is -0.149. The highest BCUT2D eigenvalue weighted by Crippen LogP contribution is 2.24. The Balaban J connectivity index is 1.99. The maximum Gasteiger partial charge on any atom is 0.151 e. The summed E-state index contributed by atoms with van der Waals surface area (Å²) in [6, 6.07) is 7.64. The lowest BCUT2D eigenvalue weighted by Crippen LogP contribution is -2.31. The van der Waals surface area contributed by atoms with Crippen LogP contribution in [0, 0.1) is 0 Å². The Kier molecular flexibility index (Phi) is 3.54. The predicted molar refractivity (Wildman–Crippen MR) is 57.5 cm³/mol. The fraction of sp³-hybridized carbons (Fsp3) is 0.417. The van der Waals surface area contributed by atoms with E-state index >= 15 is 0 Å². The second-order valence-electron chi connectivity index (χ2n) is 3.60. The monoisotopic (exact) mass is 222 g/mol. The van der Waals surface area contributed by atoms with Gasteiger partial charge in [-0.15, -0.1) is 0 Å². The van der Waals surface area contributed by atoms with Crippen LogP contribution in [-0.4, -0.2) is 32.7 Å². The number of hydrogen-bond donors (Lipinski definition) is 0. The summed E-state index contributed by atoms with van der Waals surface area (Å²) in [6.45, 7) is 0.732. The number of carbonyl (C=O) groups is 1. The SMILES string of the molecule is COc1ccc([C@H]2CO[C@H](C=O)CO2)cc1. The van der Waals surface area contributed by atoms with E-state index in [0.29, 0.717) is 13.2 Å². The first-order valence-corrected chi connectivity index (χ1v) is 5.16. The van der Waals surface area contributed by atoms with Gasteiger partial charge in [-0.05, 0) is 17.7 Å². The second kappa shape index (κ2) is 5.09. The Hall–Kier alpha value is -1.39. The van der Waals surface area contributed by atoms with Crippen molar-refractivity contribution < 1.29 is 19.0 Å². The molecule has 1 aromatic rings. The van der Waals surface area contributed by atoms with Crippen LogP contribution in [0.3, 0.4) is 0 Å². The Morgan fingerprint density at radius 3 is 2.50 bits per heavy atom. The molecular weight excluding hydrogens is 208 g/mol. The maximum atomic E-state index is 10.5. The summed E-state index contributed by atoms with van der Waals surface area (Å²) in [4.78, 5) is 10.5. The molecule has 1 aliphatic heterocycles. The molecule has 0 aliphatic carbocycles. The van der Waals surface area contributed by atoms with E-state index < -0.39 is 6.10 Å². The maximum absolute atomic E-state index is 10.5. The fourth-order valence-corrected chi connectivity index (χ4v) is 1.61. The average Bonchev–Trinajstić information content (AvgIpc) is 2.39. The van der Waals surface area contributed by atoms with E-state index in [9.17, 15) is 4.79 Å². The topological polar surface area (TPSA) is 44.8 Å². The van der Waals surface area contributed by atoms with E-state index in [-0.39, 0.29) is 6.10 Å². The number of aldehydes is 1. The zero-order chi connectivity index (χ0) is 11.4. The van der Waals surface area contributed by atoms with Crippen LogP contribution in [0.4, 0.5) is 0 Å². The van der Waals surface area contributed by atoms with Gasteiger partial charge in [0.1, 0.15) is 18.0 Å². The van der Waals surface area contributed by atoms with Gasteiger partial charge in [-0.2, -0.15) is 0 Å². The molecule has 0 N–H and O–H groups in total. The van der Waals surface area contributed by atoms with Crippen molar-refractivity contribution in [3.8, 4) is 5.75 Å². The van der Waals surface area contributed by atoms with Crippen molar-refractivity contribution in [1.29, 1.82) is 0 Å².